The van der Waals surface area contributed by atoms with Crippen molar-refractivity contribution < 1.29 is 19.1 Å². The molecule has 0 saturated carbocycles. The lowest BCUT2D eigenvalue weighted by Crippen LogP contribution is -2.32. The smallest absolute Gasteiger partial charge is 0.312 e. The largest absolute Gasteiger partial charge is 0.469 e. The highest BCUT2D eigenvalue weighted by atomic mass is 16.6. The van der Waals surface area contributed by atoms with E-state index in [2.05, 4.69) is 0 Å². The van der Waals surface area contributed by atoms with Crippen molar-refractivity contribution in [1.29, 1.82) is 0 Å². The second-order valence-corrected chi connectivity index (χ2v) is 3.47. The van der Waals surface area contributed by atoms with Gasteiger partial charge in [-0.2, -0.15) is 0 Å². The Kier molecular flexibility index (Phi) is 6.75. The molecule has 15 heavy (non-hydrogen) atoms. The number of esters is 2. The summed E-state index contributed by atoms with van der Waals surface area (Å²) in [5.74, 6) is -0.995. The predicted molar refractivity (Wildman–Crippen MR) is 56.3 cm³/mol. The zero-order valence-electron chi connectivity index (χ0n) is 9.91. The van der Waals surface area contributed by atoms with E-state index in [1.54, 1.807) is 0 Å². The van der Waals surface area contributed by atoms with E-state index in [9.17, 15) is 9.59 Å². The number of rotatable bonds is 6. The Bertz CT molecular complexity index is 213. The lowest BCUT2D eigenvalue weighted by Gasteiger charge is -2.23. The molecule has 0 aromatic carbocycles. The minimum Gasteiger partial charge on any atom is -0.469 e. The van der Waals surface area contributed by atoms with Crippen LogP contribution in [-0.2, 0) is 19.1 Å². The molecule has 4 nitrogen and oxygen atoms in total. The van der Waals surface area contributed by atoms with Crippen molar-refractivity contribution in [3.05, 3.63) is 0 Å². The number of hydrogen-bond acceptors (Lipinski definition) is 4. The summed E-state index contributed by atoms with van der Waals surface area (Å²) in [6.45, 7) is 5.22. The van der Waals surface area contributed by atoms with Gasteiger partial charge in [-0.1, -0.05) is 20.3 Å². The topological polar surface area (TPSA) is 52.6 Å². The molecular formula is C11H20O4. The highest BCUT2D eigenvalue weighted by molar-refractivity contribution is 5.74. The fourth-order valence-corrected chi connectivity index (χ4v) is 1.58. The molecule has 0 bridgehead atoms. The maximum atomic E-state index is 11.5. The molecule has 0 N–H and O–H groups in total. The van der Waals surface area contributed by atoms with E-state index >= 15 is 0 Å². The van der Waals surface area contributed by atoms with Crippen LogP contribution in [0.15, 0.2) is 0 Å². The van der Waals surface area contributed by atoms with Gasteiger partial charge in [-0.15, -0.1) is 0 Å². The van der Waals surface area contributed by atoms with E-state index in [0.717, 1.165) is 6.42 Å². The van der Waals surface area contributed by atoms with Gasteiger partial charge in [-0.25, -0.2) is 0 Å². The number of carbonyl (C=O) groups excluding carboxylic acids is 2. The van der Waals surface area contributed by atoms with Crippen molar-refractivity contribution in [3.63, 3.8) is 0 Å². The molecule has 0 aromatic heterocycles. The number of hydrogen-bond donors (Lipinski definition) is 0. The van der Waals surface area contributed by atoms with E-state index in [0.29, 0.717) is 12.8 Å². The summed E-state index contributed by atoms with van der Waals surface area (Å²) < 4.78 is 9.80. The van der Waals surface area contributed by atoms with Crippen molar-refractivity contribution in [2.75, 3.05) is 7.11 Å². The number of methoxy groups -OCH3 is 1. The fourth-order valence-electron chi connectivity index (χ4n) is 1.58. The molecule has 0 radical (unpaired) electrons. The zero-order valence-corrected chi connectivity index (χ0v) is 9.91. The Morgan fingerprint density at radius 2 is 1.87 bits per heavy atom. The van der Waals surface area contributed by atoms with Crippen LogP contribution in [0.3, 0.4) is 0 Å². The molecular weight excluding hydrogens is 196 g/mol. The third-order valence-corrected chi connectivity index (χ3v) is 2.27. The monoisotopic (exact) mass is 216 g/mol. The van der Waals surface area contributed by atoms with E-state index in [4.69, 9.17) is 9.47 Å². The Morgan fingerprint density at radius 1 is 1.27 bits per heavy atom. The molecule has 88 valence electrons. The minimum absolute atomic E-state index is 0.301. The SMILES string of the molecule is CCC[C@H](C(=O)OC)[C@@H](CC)OC(C)=O. The maximum Gasteiger partial charge on any atom is 0.312 e. The second-order valence-electron chi connectivity index (χ2n) is 3.47. The molecule has 2 atom stereocenters. The fraction of sp³-hybridized carbons (Fsp3) is 0.818. The van der Waals surface area contributed by atoms with Gasteiger partial charge in [0.25, 0.3) is 0 Å². The molecule has 0 aliphatic heterocycles. The highest BCUT2D eigenvalue weighted by Gasteiger charge is 2.29. The third-order valence-electron chi connectivity index (χ3n) is 2.27. The molecule has 0 unspecified atom stereocenters. The lowest BCUT2D eigenvalue weighted by molar-refractivity contribution is -0.159. The average molecular weight is 216 g/mol. The van der Waals surface area contributed by atoms with Gasteiger partial charge in [-0.05, 0) is 12.8 Å². The first-order chi connectivity index (χ1) is 7.06. The summed E-state index contributed by atoms with van der Waals surface area (Å²) in [5, 5.41) is 0. The summed E-state index contributed by atoms with van der Waals surface area (Å²) in [5.41, 5.74) is 0. The van der Waals surface area contributed by atoms with Crippen LogP contribution in [0, 0.1) is 5.92 Å². The maximum absolute atomic E-state index is 11.5. The van der Waals surface area contributed by atoms with Gasteiger partial charge in [0, 0.05) is 6.92 Å². The predicted octanol–water partition coefficient (Wildman–Crippen LogP) is 1.92. The molecule has 0 heterocycles. The van der Waals surface area contributed by atoms with E-state index in [-0.39, 0.29) is 24.0 Å². The second kappa shape index (κ2) is 7.26. The van der Waals surface area contributed by atoms with Crippen LogP contribution in [0.4, 0.5) is 0 Å². The van der Waals surface area contributed by atoms with Gasteiger partial charge in [0.15, 0.2) is 0 Å². The molecule has 0 amide bonds. The Morgan fingerprint density at radius 3 is 2.20 bits per heavy atom. The number of carbonyl (C=O) groups is 2. The molecule has 0 aromatic rings. The van der Waals surface area contributed by atoms with Gasteiger partial charge in [0.05, 0.1) is 13.0 Å². The summed E-state index contributed by atoms with van der Waals surface area (Å²) >= 11 is 0. The molecule has 0 spiro atoms. The quantitative estimate of drug-likeness (QED) is 0.636. The van der Waals surface area contributed by atoms with Gasteiger partial charge in [-0.3, -0.25) is 9.59 Å². The Hall–Kier alpha value is -1.06. The van der Waals surface area contributed by atoms with Crippen LogP contribution in [-0.4, -0.2) is 25.2 Å². The van der Waals surface area contributed by atoms with Gasteiger partial charge < -0.3 is 9.47 Å². The van der Waals surface area contributed by atoms with E-state index < -0.39 is 0 Å². The Balaban J connectivity index is 4.53. The van der Waals surface area contributed by atoms with Crippen molar-refractivity contribution in [3.8, 4) is 0 Å². The molecule has 0 aliphatic rings. The first kappa shape index (κ1) is 13.9. The molecule has 0 rings (SSSR count). The molecule has 0 fully saturated rings. The molecule has 0 saturated heterocycles. The van der Waals surface area contributed by atoms with Crippen molar-refractivity contribution in [1.82, 2.24) is 0 Å². The van der Waals surface area contributed by atoms with Gasteiger partial charge >= 0.3 is 11.9 Å². The van der Waals surface area contributed by atoms with Crippen LogP contribution in [0.25, 0.3) is 0 Å². The van der Waals surface area contributed by atoms with Crippen LogP contribution in [0.5, 0.6) is 0 Å². The third kappa shape index (κ3) is 4.81. The lowest BCUT2D eigenvalue weighted by atomic mass is 9.95. The first-order valence-electron chi connectivity index (χ1n) is 5.31. The standard InChI is InChI=1S/C11H20O4/c1-5-7-9(11(13)14-4)10(6-2)15-8(3)12/h9-10H,5-7H2,1-4H3/t9-,10+/m0/s1. The first-order valence-corrected chi connectivity index (χ1v) is 5.31. The minimum atomic E-state index is -0.366. The normalized spacial score (nSPS) is 14.1. The van der Waals surface area contributed by atoms with Crippen molar-refractivity contribution in [2.45, 2.75) is 46.1 Å². The van der Waals surface area contributed by atoms with Crippen LogP contribution in [0.1, 0.15) is 40.0 Å². The van der Waals surface area contributed by atoms with Crippen LogP contribution < -0.4 is 0 Å². The van der Waals surface area contributed by atoms with E-state index in [1.807, 2.05) is 13.8 Å². The molecule has 0 aliphatic carbocycles. The van der Waals surface area contributed by atoms with Gasteiger partial charge in [0.1, 0.15) is 6.10 Å². The van der Waals surface area contributed by atoms with Gasteiger partial charge in [0.2, 0.25) is 0 Å². The Labute approximate surface area is 90.9 Å². The van der Waals surface area contributed by atoms with Crippen LogP contribution >= 0.6 is 0 Å². The van der Waals surface area contributed by atoms with Crippen LogP contribution in [0.2, 0.25) is 0 Å². The number of ether oxygens (including phenoxy) is 2. The van der Waals surface area contributed by atoms with Crippen molar-refractivity contribution in [2.24, 2.45) is 5.92 Å². The van der Waals surface area contributed by atoms with Crippen molar-refractivity contribution >= 4 is 11.9 Å². The summed E-state index contributed by atoms with van der Waals surface area (Å²) in [6.07, 6.45) is 1.80. The average Bonchev–Trinajstić information content (AvgIpc) is 2.21. The summed E-state index contributed by atoms with van der Waals surface area (Å²) in [6, 6.07) is 0. The molecule has 4 heteroatoms. The van der Waals surface area contributed by atoms with E-state index in [1.165, 1.54) is 14.0 Å². The zero-order chi connectivity index (χ0) is 11.8. The summed E-state index contributed by atoms with van der Waals surface area (Å²) in [7, 11) is 1.35. The summed E-state index contributed by atoms with van der Waals surface area (Å²) in [4.78, 5) is 22.3. The highest BCUT2D eigenvalue weighted by Crippen LogP contribution is 2.19.